The summed E-state index contributed by atoms with van der Waals surface area (Å²) < 4.78 is 1.72. The molecule has 0 N–H and O–H groups in total. The highest BCUT2D eigenvalue weighted by atomic mass is 16.2. The largest absolute Gasteiger partial charge is 0.333 e. The molecule has 0 aliphatic heterocycles. The number of benzene rings is 2. The Hall–Kier alpha value is -2.95. The Morgan fingerprint density at radius 3 is 2.48 bits per heavy atom. The predicted molar refractivity (Wildman–Crippen MR) is 136 cm³/mol. The summed E-state index contributed by atoms with van der Waals surface area (Å²) in [6, 6.07) is 13.2. The first-order valence-electron chi connectivity index (χ1n) is 11.9. The zero-order valence-corrected chi connectivity index (χ0v) is 21.1. The summed E-state index contributed by atoms with van der Waals surface area (Å²) in [5, 5.41) is 0.579. The molecular weight excluding hydrogens is 410 g/mol. The molecule has 0 aliphatic carbocycles. The maximum absolute atomic E-state index is 13.8. The molecule has 0 radical (unpaired) electrons. The molecule has 5 heteroatoms. The summed E-state index contributed by atoms with van der Waals surface area (Å²) >= 11 is 0. The van der Waals surface area contributed by atoms with Crippen molar-refractivity contribution >= 4 is 16.8 Å². The molecule has 0 aliphatic rings. The van der Waals surface area contributed by atoms with Gasteiger partial charge in [0.2, 0.25) is 5.91 Å². The van der Waals surface area contributed by atoms with Gasteiger partial charge >= 0.3 is 0 Å². The third-order valence-electron chi connectivity index (χ3n) is 6.00. The lowest BCUT2D eigenvalue weighted by Gasteiger charge is -2.33. The minimum absolute atomic E-state index is 0.0957. The number of nitrogens with zero attached hydrogens (tertiary/aromatic N) is 3. The SMILES string of the molecule is CCCCN(C(=O)CC(C)(C)C)C(C)c1nc2ccccc2c(=O)n1-c1cc(C)ccc1C. The summed E-state index contributed by atoms with van der Waals surface area (Å²) in [5.74, 6) is 0.698. The van der Waals surface area contributed by atoms with Crippen molar-refractivity contribution < 1.29 is 4.79 Å². The van der Waals surface area contributed by atoms with E-state index < -0.39 is 0 Å². The third kappa shape index (κ3) is 5.52. The van der Waals surface area contributed by atoms with Gasteiger partial charge in [0, 0.05) is 13.0 Å². The van der Waals surface area contributed by atoms with E-state index in [1.807, 2.05) is 68.1 Å². The molecule has 1 atom stereocenters. The molecular formula is C28H37N3O2. The van der Waals surface area contributed by atoms with Crippen LogP contribution in [0.4, 0.5) is 0 Å². The van der Waals surface area contributed by atoms with E-state index in [0.717, 1.165) is 29.7 Å². The quantitative estimate of drug-likeness (QED) is 0.438. The first-order valence-corrected chi connectivity index (χ1v) is 11.9. The summed E-state index contributed by atoms with van der Waals surface area (Å²) in [6.07, 6.45) is 2.34. The van der Waals surface area contributed by atoms with Crippen molar-refractivity contribution in [3.05, 3.63) is 69.8 Å². The minimum Gasteiger partial charge on any atom is -0.333 e. The van der Waals surface area contributed by atoms with Crippen LogP contribution in [0.25, 0.3) is 16.6 Å². The van der Waals surface area contributed by atoms with Gasteiger partial charge in [-0.25, -0.2) is 4.98 Å². The van der Waals surface area contributed by atoms with Gasteiger partial charge in [-0.05, 0) is 61.9 Å². The average Bonchev–Trinajstić information content (AvgIpc) is 2.74. The van der Waals surface area contributed by atoms with Crippen LogP contribution in [0.5, 0.6) is 0 Å². The maximum atomic E-state index is 13.8. The van der Waals surface area contributed by atoms with Crippen molar-refractivity contribution in [2.75, 3.05) is 6.54 Å². The summed E-state index contributed by atoms with van der Waals surface area (Å²) in [4.78, 5) is 34.0. The zero-order valence-electron chi connectivity index (χ0n) is 21.1. The Kier molecular flexibility index (Phi) is 7.41. The molecule has 1 heterocycles. The second-order valence-corrected chi connectivity index (χ2v) is 10.3. The van der Waals surface area contributed by atoms with E-state index in [1.165, 1.54) is 0 Å². The Balaban J connectivity index is 2.25. The molecule has 1 amide bonds. The lowest BCUT2D eigenvalue weighted by molar-refractivity contribution is -0.135. The molecule has 5 nitrogen and oxygen atoms in total. The lowest BCUT2D eigenvalue weighted by atomic mass is 9.91. The summed E-state index contributed by atoms with van der Waals surface area (Å²) in [6.45, 7) is 15.0. The molecule has 1 aromatic heterocycles. The number of amides is 1. The van der Waals surface area contributed by atoms with Crippen molar-refractivity contribution in [1.29, 1.82) is 0 Å². The highest BCUT2D eigenvalue weighted by molar-refractivity contribution is 5.79. The minimum atomic E-state index is -0.344. The molecule has 0 spiro atoms. The number of aryl methyl sites for hydroxylation is 2. The van der Waals surface area contributed by atoms with Crippen LogP contribution in [0, 0.1) is 19.3 Å². The van der Waals surface area contributed by atoms with Crippen LogP contribution in [-0.4, -0.2) is 26.9 Å². The average molecular weight is 448 g/mol. The van der Waals surface area contributed by atoms with Gasteiger partial charge in [0.15, 0.2) is 0 Å². The predicted octanol–water partition coefficient (Wildman–Crippen LogP) is 6.13. The second kappa shape index (κ2) is 9.90. The number of unbranched alkanes of at least 4 members (excludes halogenated alkanes) is 1. The molecule has 1 unspecified atom stereocenters. The maximum Gasteiger partial charge on any atom is 0.266 e. The number of hydrogen-bond donors (Lipinski definition) is 0. The number of fused-ring (bicyclic) bond motifs is 1. The molecule has 33 heavy (non-hydrogen) atoms. The number of carbonyl (C=O) groups is 1. The number of rotatable bonds is 7. The van der Waals surface area contributed by atoms with Gasteiger partial charge in [0.25, 0.3) is 5.56 Å². The van der Waals surface area contributed by atoms with Crippen LogP contribution in [0.15, 0.2) is 47.3 Å². The highest BCUT2D eigenvalue weighted by Crippen LogP contribution is 2.28. The molecule has 176 valence electrons. The van der Waals surface area contributed by atoms with Gasteiger partial charge in [-0.3, -0.25) is 14.2 Å². The van der Waals surface area contributed by atoms with E-state index in [9.17, 15) is 9.59 Å². The van der Waals surface area contributed by atoms with E-state index in [1.54, 1.807) is 4.57 Å². The molecule has 2 aromatic carbocycles. The van der Waals surface area contributed by atoms with Crippen LogP contribution in [-0.2, 0) is 4.79 Å². The van der Waals surface area contributed by atoms with Crippen LogP contribution in [0.3, 0.4) is 0 Å². The summed E-state index contributed by atoms with van der Waals surface area (Å²) in [7, 11) is 0. The standard InChI is InChI=1S/C28H37N3O2/c1-8-9-16-30(25(32)18-28(5,6)7)21(4)26-29-23-13-11-10-12-22(23)27(33)31(26)24-17-19(2)14-15-20(24)3/h10-15,17,21H,8-9,16,18H2,1-7H3. The monoisotopic (exact) mass is 447 g/mol. The van der Waals surface area contributed by atoms with Crippen molar-refractivity contribution in [2.24, 2.45) is 5.41 Å². The smallest absolute Gasteiger partial charge is 0.266 e. The number of hydrogen-bond acceptors (Lipinski definition) is 3. The van der Waals surface area contributed by atoms with E-state index in [2.05, 4.69) is 27.7 Å². The van der Waals surface area contributed by atoms with Crippen LogP contribution >= 0.6 is 0 Å². The topological polar surface area (TPSA) is 55.2 Å². The molecule has 3 rings (SSSR count). The normalized spacial score (nSPS) is 12.7. The second-order valence-electron chi connectivity index (χ2n) is 10.3. The van der Waals surface area contributed by atoms with E-state index >= 15 is 0 Å². The number of aromatic nitrogens is 2. The number of para-hydroxylation sites is 1. The highest BCUT2D eigenvalue weighted by Gasteiger charge is 2.29. The molecule has 0 saturated carbocycles. The molecule has 3 aromatic rings. The third-order valence-corrected chi connectivity index (χ3v) is 6.00. The van der Waals surface area contributed by atoms with Gasteiger partial charge in [0.05, 0.1) is 22.6 Å². The summed E-state index contributed by atoms with van der Waals surface area (Å²) in [5.41, 5.74) is 3.32. The van der Waals surface area contributed by atoms with E-state index in [-0.39, 0.29) is 22.9 Å². The zero-order chi connectivity index (χ0) is 24.3. The van der Waals surface area contributed by atoms with Gasteiger partial charge in [-0.15, -0.1) is 0 Å². The van der Waals surface area contributed by atoms with Crippen LogP contribution in [0.2, 0.25) is 0 Å². The first-order chi connectivity index (χ1) is 15.5. The Labute approximate surface area is 197 Å². The molecule has 0 fully saturated rings. The van der Waals surface area contributed by atoms with Gasteiger partial charge in [-0.1, -0.05) is 58.4 Å². The van der Waals surface area contributed by atoms with Gasteiger partial charge in [0.1, 0.15) is 5.82 Å². The fraction of sp³-hybridized carbons (Fsp3) is 0.464. The Morgan fingerprint density at radius 1 is 1.12 bits per heavy atom. The van der Waals surface area contributed by atoms with Gasteiger partial charge in [-0.2, -0.15) is 0 Å². The van der Waals surface area contributed by atoms with Gasteiger partial charge < -0.3 is 4.90 Å². The Bertz CT molecular complexity index is 1200. The molecule has 0 saturated heterocycles. The van der Waals surface area contributed by atoms with Crippen molar-refractivity contribution in [2.45, 2.75) is 73.8 Å². The van der Waals surface area contributed by atoms with Crippen molar-refractivity contribution in [1.82, 2.24) is 14.5 Å². The number of carbonyl (C=O) groups excluding carboxylic acids is 1. The lowest BCUT2D eigenvalue weighted by Crippen LogP contribution is -2.39. The van der Waals surface area contributed by atoms with E-state index in [4.69, 9.17) is 4.98 Å². The first kappa shape index (κ1) is 24.7. The van der Waals surface area contributed by atoms with E-state index in [0.29, 0.717) is 29.7 Å². The molecule has 0 bridgehead atoms. The van der Waals surface area contributed by atoms with Crippen molar-refractivity contribution in [3.8, 4) is 5.69 Å². The van der Waals surface area contributed by atoms with Crippen molar-refractivity contribution in [3.63, 3.8) is 0 Å². The van der Waals surface area contributed by atoms with Crippen LogP contribution < -0.4 is 5.56 Å². The fourth-order valence-electron chi connectivity index (χ4n) is 4.18. The van der Waals surface area contributed by atoms with Crippen LogP contribution in [0.1, 0.15) is 76.9 Å². The Morgan fingerprint density at radius 2 is 1.82 bits per heavy atom. The fourth-order valence-corrected chi connectivity index (χ4v) is 4.18.